The molecular weight excluding hydrogens is 332 g/mol. The molecule has 0 atom stereocenters. The summed E-state index contributed by atoms with van der Waals surface area (Å²) in [6.45, 7) is 3.80. The number of nitrogens with one attached hydrogen (secondary N) is 2. The molecule has 0 aliphatic carbocycles. The third-order valence-electron chi connectivity index (χ3n) is 4.17. The number of hydrogen-bond donors (Lipinski definition) is 2. The molecule has 0 fully saturated rings. The van der Waals surface area contributed by atoms with E-state index in [1.54, 1.807) is 18.2 Å². The molecule has 1 aliphatic rings. The maximum Gasteiger partial charge on any atom is 0.262 e. The summed E-state index contributed by atoms with van der Waals surface area (Å²) in [4.78, 5) is 35.9. The first-order valence-electron chi connectivity index (χ1n) is 8.39. The van der Waals surface area contributed by atoms with Gasteiger partial charge in [0.05, 0.1) is 5.69 Å². The van der Waals surface area contributed by atoms with Crippen LogP contribution in [0.4, 0.5) is 11.4 Å². The number of hydrogen-bond acceptors (Lipinski definition) is 4. The monoisotopic (exact) mass is 352 g/mol. The highest BCUT2D eigenvalue weighted by molar-refractivity contribution is 6.01. The van der Waals surface area contributed by atoms with E-state index in [0.29, 0.717) is 22.7 Å². The lowest BCUT2D eigenvalue weighted by molar-refractivity contribution is -0.118. The molecule has 6 heteroatoms. The highest BCUT2D eigenvalue weighted by Gasteiger charge is 2.17. The smallest absolute Gasteiger partial charge is 0.262 e. The van der Waals surface area contributed by atoms with Crippen molar-refractivity contribution in [3.05, 3.63) is 53.1 Å². The van der Waals surface area contributed by atoms with Gasteiger partial charge in [0.2, 0.25) is 5.91 Å². The van der Waals surface area contributed by atoms with Crippen LogP contribution in [0, 0.1) is 13.8 Å². The Labute approximate surface area is 151 Å². The predicted molar refractivity (Wildman–Crippen MR) is 98.7 cm³/mol. The Kier molecular flexibility index (Phi) is 5.02. The number of ketones is 1. The van der Waals surface area contributed by atoms with Crippen molar-refractivity contribution in [1.29, 1.82) is 0 Å². The van der Waals surface area contributed by atoms with Gasteiger partial charge in [-0.15, -0.1) is 0 Å². The Hall–Kier alpha value is -3.15. The van der Waals surface area contributed by atoms with Crippen LogP contribution < -0.4 is 15.4 Å². The Morgan fingerprint density at radius 2 is 1.92 bits per heavy atom. The average molecular weight is 352 g/mol. The second kappa shape index (κ2) is 7.39. The van der Waals surface area contributed by atoms with E-state index in [1.807, 2.05) is 32.0 Å². The second-order valence-corrected chi connectivity index (χ2v) is 6.34. The van der Waals surface area contributed by atoms with Crippen molar-refractivity contribution < 1.29 is 19.1 Å². The van der Waals surface area contributed by atoms with Crippen LogP contribution >= 0.6 is 0 Å². The zero-order valence-corrected chi connectivity index (χ0v) is 14.7. The van der Waals surface area contributed by atoms with Crippen molar-refractivity contribution >= 4 is 29.0 Å². The van der Waals surface area contributed by atoms with E-state index < -0.39 is 0 Å². The van der Waals surface area contributed by atoms with Crippen LogP contribution in [0.5, 0.6) is 5.75 Å². The van der Waals surface area contributed by atoms with E-state index in [9.17, 15) is 14.4 Å². The minimum Gasteiger partial charge on any atom is -0.482 e. The molecule has 134 valence electrons. The van der Waals surface area contributed by atoms with Crippen molar-refractivity contribution in [2.75, 3.05) is 17.2 Å². The van der Waals surface area contributed by atoms with Crippen molar-refractivity contribution in [3.63, 3.8) is 0 Å². The average Bonchev–Trinajstić information content (AvgIpc) is 2.61. The lowest BCUT2D eigenvalue weighted by atomic mass is 9.99. The minimum absolute atomic E-state index is 0.0147. The topological polar surface area (TPSA) is 84.5 Å². The van der Waals surface area contributed by atoms with Gasteiger partial charge in [0, 0.05) is 24.1 Å². The Bertz CT molecular complexity index is 889. The molecular formula is C20H20N2O4. The molecule has 3 rings (SSSR count). The first-order chi connectivity index (χ1) is 12.4. The van der Waals surface area contributed by atoms with Crippen LogP contribution in [-0.2, 0) is 9.59 Å². The highest BCUT2D eigenvalue weighted by Crippen LogP contribution is 2.30. The molecule has 0 spiro atoms. The molecule has 0 saturated carbocycles. The molecule has 1 aliphatic heterocycles. The SMILES string of the molecule is Cc1ccc(C)c(C(=O)CCC(=O)Nc2ccc3c(c2)NC(=O)CO3)c1. The number of rotatable bonds is 5. The van der Waals surface area contributed by atoms with Gasteiger partial charge in [-0.05, 0) is 43.7 Å². The van der Waals surface area contributed by atoms with Crippen LogP contribution in [-0.4, -0.2) is 24.2 Å². The Balaban J connectivity index is 1.59. The molecule has 1 heterocycles. The van der Waals surface area contributed by atoms with Gasteiger partial charge in [-0.3, -0.25) is 14.4 Å². The first-order valence-corrected chi connectivity index (χ1v) is 8.39. The number of Topliss-reactive ketones (excluding diaryl/α,β-unsaturated/α-hetero) is 1. The van der Waals surface area contributed by atoms with Crippen LogP contribution in [0.1, 0.15) is 34.3 Å². The van der Waals surface area contributed by atoms with Gasteiger partial charge in [0.25, 0.3) is 5.91 Å². The van der Waals surface area contributed by atoms with E-state index in [1.165, 1.54) is 0 Å². The van der Waals surface area contributed by atoms with E-state index in [2.05, 4.69) is 10.6 Å². The number of fused-ring (bicyclic) bond motifs is 1. The summed E-state index contributed by atoms with van der Waals surface area (Å²) in [7, 11) is 0. The Morgan fingerprint density at radius 1 is 1.12 bits per heavy atom. The molecule has 2 N–H and O–H groups in total. The number of aryl methyl sites for hydroxylation is 2. The number of anilines is 2. The van der Waals surface area contributed by atoms with Crippen LogP contribution in [0.3, 0.4) is 0 Å². The fourth-order valence-electron chi connectivity index (χ4n) is 2.78. The van der Waals surface area contributed by atoms with Gasteiger partial charge in [-0.2, -0.15) is 0 Å². The first kappa shape index (κ1) is 17.7. The summed E-state index contributed by atoms with van der Waals surface area (Å²) in [5.41, 5.74) is 3.64. The number of carbonyl (C=O) groups is 3. The molecule has 6 nitrogen and oxygen atoms in total. The van der Waals surface area contributed by atoms with Gasteiger partial charge < -0.3 is 15.4 Å². The molecule has 0 unspecified atom stereocenters. The largest absolute Gasteiger partial charge is 0.482 e. The zero-order valence-electron chi connectivity index (χ0n) is 14.7. The van der Waals surface area contributed by atoms with Gasteiger partial charge >= 0.3 is 0 Å². The lowest BCUT2D eigenvalue weighted by Gasteiger charge is -2.18. The summed E-state index contributed by atoms with van der Waals surface area (Å²) in [5, 5.41) is 5.43. The minimum atomic E-state index is -0.258. The molecule has 26 heavy (non-hydrogen) atoms. The molecule has 0 radical (unpaired) electrons. The number of amides is 2. The normalized spacial score (nSPS) is 12.6. The fourth-order valence-corrected chi connectivity index (χ4v) is 2.78. The molecule has 2 aromatic carbocycles. The maximum atomic E-state index is 12.4. The van der Waals surface area contributed by atoms with Crippen LogP contribution in [0.15, 0.2) is 36.4 Å². The van der Waals surface area contributed by atoms with Crippen molar-refractivity contribution in [3.8, 4) is 5.75 Å². The van der Waals surface area contributed by atoms with Crippen LogP contribution in [0.25, 0.3) is 0 Å². The van der Waals surface area contributed by atoms with E-state index in [0.717, 1.165) is 11.1 Å². The molecule has 0 saturated heterocycles. The third kappa shape index (κ3) is 4.08. The van der Waals surface area contributed by atoms with Crippen molar-refractivity contribution in [1.82, 2.24) is 0 Å². The molecule has 2 aromatic rings. The maximum absolute atomic E-state index is 12.4. The fraction of sp³-hybridized carbons (Fsp3) is 0.250. The molecule has 0 bridgehead atoms. The summed E-state index contributed by atoms with van der Waals surface area (Å²) < 4.78 is 5.28. The number of ether oxygens (including phenoxy) is 1. The zero-order chi connectivity index (χ0) is 18.7. The van der Waals surface area contributed by atoms with Gasteiger partial charge in [-0.25, -0.2) is 0 Å². The number of benzene rings is 2. The van der Waals surface area contributed by atoms with Crippen molar-refractivity contribution in [2.24, 2.45) is 0 Å². The number of carbonyl (C=O) groups excluding carboxylic acids is 3. The second-order valence-electron chi connectivity index (χ2n) is 6.34. The van der Waals surface area contributed by atoms with E-state index in [4.69, 9.17) is 4.74 Å². The highest BCUT2D eigenvalue weighted by atomic mass is 16.5. The summed E-state index contributed by atoms with van der Waals surface area (Å²) in [6.07, 6.45) is 0.229. The summed E-state index contributed by atoms with van der Waals surface area (Å²) >= 11 is 0. The van der Waals surface area contributed by atoms with Gasteiger partial charge in [0.15, 0.2) is 12.4 Å². The van der Waals surface area contributed by atoms with Crippen molar-refractivity contribution in [2.45, 2.75) is 26.7 Å². The standard InChI is InChI=1S/C20H20N2O4/c1-12-3-4-13(2)15(9-12)17(23)6-8-19(24)21-14-5-7-18-16(10-14)22-20(25)11-26-18/h3-5,7,9-10H,6,8,11H2,1-2H3,(H,21,24)(H,22,25). The van der Waals surface area contributed by atoms with E-state index >= 15 is 0 Å². The summed E-state index contributed by atoms with van der Waals surface area (Å²) in [6, 6.07) is 10.7. The molecule has 0 aromatic heterocycles. The lowest BCUT2D eigenvalue weighted by Crippen LogP contribution is -2.25. The predicted octanol–water partition coefficient (Wildman–Crippen LogP) is 3.24. The van der Waals surface area contributed by atoms with Gasteiger partial charge in [0.1, 0.15) is 5.75 Å². The van der Waals surface area contributed by atoms with Crippen LogP contribution in [0.2, 0.25) is 0 Å². The quantitative estimate of drug-likeness (QED) is 0.809. The van der Waals surface area contributed by atoms with E-state index in [-0.39, 0.29) is 37.0 Å². The molecule has 2 amide bonds. The third-order valence-corrected chi connectivity index (χ3v) is 4.17. The summed E-state index contributed by atoms with van der Waals surface area (Å²) in [5.74, 6) is 0.0203. The Morgan fingerprint density at radius 3 is 2.73 bits per heavy atom. The van der Waals surface area contributed by atoms with Gasteiger partial charge in [-0.1, -0.05) is 17.7 Å².